The van der Waals surface area contributed by atoms with Crippen LogP contribution in [0.4, 0.5) is 0 Å². The zero-order chi connectivity index (χ0) is 14.3. The Morgan fingerprint density at radius 1 is 1.58 bits per heavy atom. The first-order valence-electron chi connectivity index (χ1n) is 6.16. The predicted molar refractivity (Wildman–Crippen MR) is 74.0 cm³/mol. The third-order valence-corrected chi connectivity index (χ3v) is 2.76. The van der Waals surface area contributed by atoms with E-state index in [4.69, 9.17) is 21.6 Å². The van der Waals surface area contributed by atoms with Crippen LogP contribution in [0.1, 0.15) is 20.3 Å². The van der Waals surface area contributed by atoms with Gasteiger partial charge in [0, 0.05) is 11.6 Å². The van der Waals surface area contributed by atoms with Gasteiger partial charge in [-0.3, -0.25) is 4.79 Å². The van der Waals surface area contributed by atoms with E-state index < -0.39 is 6.10 Å². The van der Waals surface area contributed by atoms with Gasteiger partial charge in [0.1, 0.15) is 12.3 Å². The van der Waals surface area contributed by atoms with Gasteiger partial charge in [0.15, 0.2) is 6.10 Å². The molecular formula is C14H17ClN2O2. The Hall–Kier alpha value is -1.73. The molecule has 0 saturated heterocycles. The number of carbonyl (C=O) groups excluding carboxylic acids is 1. The molecule has 0 fully saturated rings. The molecule has 4 nitrogen and oxygen atoms in total. The first-order chi connectivity index (χ1) is 9.08. The lowest BCUT2D eigenvalue weighted by Crippen LogP contribution is -2.41. The van der Waals surface area contributed by atoms with E-state index in [1.54, 1.807) is 31.2 Å². The first kappa shape index (κ1) is 15.3. The third kappa shape index (κ3) is 4.80. The average Bonchev–Trinajstić information content (AvgIpc) is 2.37. The summed E-state index contributed by atoms with van der Waals surface area (Å²) in [5, 5.41) is 9.27. The highest BCUT2D eigenvalue weighted by molar-refractivity contribution is 6.30. The highest BCUT2D eigenvalue weighted by Crippen LogP contribution is 2.18. The Morgan fingerprint density at radius 2 is 2.32 bits per heavy atom. The van der Waals surface area contributed by atoms with E-state index in [1.807, 2.05) is 13.0 Å². The average molecular weight is 281 g/mol. The Morgan fingerprint density at radius 3 is 2.89 bits per heavy atom. The number of hydrogen-bond donors (Lipinski definition) is 0. The molecule has 0 aliphatic heterocycles. The van der Waals surface area contributed by atoms with Crippen molar-refractivity contribution >= 4 is 17.5 Å². The van der Waals surface area contributed by atoms with E-state index in [-0.39, 0.29) is 12.5 Å². The lowest BCUT2D eigenvalue weighted by molar-refractivity contribution is -0.137. The van der Waals surface area contributed by atoms with Gasteiger partial charge >= 0.3 is 0 Å². The van der Waals surface area contributed by atoms with Gasteiger partial charge in [-0.05, 0) is 31.5 Å². The van der Waals surface area contributed by atoms with Crippen molar-refractivity contribution in [1.29, 1.82) is 5.26 Å². The molecule has 1 aromatic rings. The number of carbonyl (C=O) groups is 1. The molecule has 0 N–H and O–H groups in total. The zero-order valence-electron chi connectivity index (χ0n) is 11.1. The summed E-state index contributed by atoms with van der Waals surface area (Å²) in [6, 6.07) is 8.88. The highest BCUT2D eigenvalue weighted by atomic mass is 35.5. The third-order valence-electron chi connectivity index (χ3n) is 2.52. The summed E-state index contributed by atoms with van der Waals surface area (Å²) >= 11 is 5.85. The van der Waals surface area contributed by atoms with E-state index in [2.05, 4.69) is 0 Å². The lowest BCUT2D eigenvalue weighted by atomic mass is 10.3. The number of benzene rings is 1. The topological polar surface area (TPSA) is 53.3 Å². The Bertz CT molecular complexity index is 471. The maximum atomic E-state index is 12.1. The largest absolute Gasteiger partial charge is 0.481 e. The molecule has 0 saturated carbocycles. The van der Waals surface area contributed by atoms with Gasteiger partial charge in [0.05, 0.1) is 6.07 Å². The number of hydrogen-bond acceptors (Lipinski definition) is 3. The van der Waals surface area contributed by atoms with Crippen molar-refractivity contribution in [3.8, 4) is 11.8 Å². The van der Waals surface area contributed by atoms with E-state index >= 15 is 0 Å². The van der Waals surface area contributed by atoms with Gasteiger partial charge in [-0.2, -0.15) is 5.26 Å². The van der Waals surface area contributed by atoms with E-state index in [1.165, 1.54) is 4.90 Å². The minimum absolute atomic E-state index is 0.0793. The summed E-state index contributed by atoms with van der Waals surface area (Å²) in [5.41, 5.74) is 0. The van der Waals surface area contributed by atoms with Crippen LogP contribution in [-0.2, 0) is 4.79 Å². The fourth-order valence-corrected chi connectivity index (χ4v) is 1.85. The highest BCUT2D eigenvalue weighted by Gasteiger charge is 2.21. The molecule has 102 valence electrons. The molecule has 19 heavy (non-hydrogen) atoms. The van der Waals surface area contributed by atoms with Gasteiger partial charge in [0.2, 0.25) is 0 Å². The smallest absolute Gasteiger partial charge is 0.264 e. The molecule has 1 amide bonds. The minimum atomic E-state index is -0.640. The Balaban J connectivity index is 2.68. The Labute approximate surface area is 118 Å². The summed E-state index contributed by atoms with van der Waals surface area (Å²) in [6.07, 6.45) is 0.162. The van der Waals surface area contributed by atoms with Crippen LogP contribution in [0, 0.1) is 11.3 Å². The number of nitriles is 1. The quantitative estimate of drug-likeness (QED) is 0.753. The van der Waals surface area contributed by atoms with Gasteiger partial charge in [-0.1, -0.05) is 24.6 Å². The van der Waals surface area contributed by atoms with Crippen LogP contribution >= 0.6 is 11.6 Å². The van der Waals surface area contributed by atoms with Crippen LogP contribution < -0.4 is 4.74 Å². The fraction of sp³-hybridized carbons (Fsp3) is 0.429. The minimum Gasteiger partial charge on any atom is -0.481 e. The second kappa shape index (κ2) is 7.65. The molecule has 1 unspecified atom stereocenters. The molecule has 0 aliphatic carbocycles. The molecule has 1 rings (SSSR count). The molecule has 0 heterocycles. The van der Waals surface area contributed by atoms with E-state index in [0.29, 0.717) is 17.3 Å². The van der Waals surface area contributed by atoms with Crippen LogP contribution in [0.15, 0.2) is 24.3 Å². The summed E-state index contributed by atoms with van der Waals surface area (Å²) < 4.78 is 5.55. The molecular weight excluding hydrogens is 264 g/mol. The SMILES string of the molecule is CCCN(CC#N)C(=O)C(C)Oc1cccc(Cl)c1. The number of rotatable bonds is 6. The van der Waals surface area contributed by atoms with Crippen molar-refractivity contribution in [1.82, 2.24) is 4.90 Å². The summed E-state index contributed by atoms with van der Waals surface area (Å²) in [5.74, 6) is 0.352. The van der Waals surface area contributed by atoms with E-state index in [9.17, 15) is 4.79 Å². The molecule has 0 bridgehead atoms. The van der Waals surface area contributed by atoms with E-state index in [0.717, 1.165) is 6.42 Å². The zero-order valence-corrected chi connectivity index (χ0v) is 11.9. The number of ether oxygens (including phenoxy) is 1. The van der Waals surface area contributed by atoms with Gasteiger partial charge in [-0.15, -0.1) is 0 Å². The van der Waals surface area contributed by atoms with Crippen molar-refractivity contribution < 1.29 is 9.53 Å². The number of halogens is 1. The first-order valence-corrected chi connectivity index (χ1v) is 6.54. The van der Waals surface area contributed by atoms with Crippen molar-refractivity contribution in [3.05, 3.63) is 29.3 Å². The molecule has 5 heteroatoms. The molecule has 1 aromatic carbocycles. The van der Waals surface area contributed by atoms with Crippen LogP contribution in [0.3, 0.4) is 0 Å². The van der Waals surface area contributed by atoms with Gasteiger partial charge in [0.25, 0.3) is 5.91 Å². The van der Waals surface area contributed by atoms with Crippen molar-refractivity contribution in [3.63, 3.8) is 0 Å². The Kier molecular flexibility index (Phi) is 6.17. The summed E-state index contributed by atoms with van der Waals surface area (Å²) in [4.78, 5) is 13.6. The second-order valence-corrected chi connectivity index (χ2v) is 4.57. The molecule has 0 aliphatic rings. The van der Waals surface area contributed by atoms with Gasteiger partial charge < -0.3 is 9.64 Å². The summed E-state index contributed by atoms with van der Waals surface area (Å²) in [7, 11) is 0. The molecule has 0 spiro atoms. The van der Waals surface area contributed by atoms with Crippen molar-refractivity contribution in [2.24, 2.45) is 0 Å². The van der Waals surface area contributed by atoms with Gasteiger partial charge in [-0.25, -0.2) is 0 Å². The molecule has 0 aromatic heterocycles. The number of amides is 1. The second-order valence-electron chi connectivity index (χ2n) is 4.14. The predicted octanol–water partition coefficient (Wildman–Crippen LogP) is 2.87. The summed E-state index contributed by atoms with van der Waals surface area (Å²) in [6.45, 7) is 4.26. The molecule has 0 radical (unpaired) electrons. The lowest BCUT2D eigenvalue weighted by Gasteiger charge is -2.23. The monoisotopic (exact) mass is 280 g/mol. The fourth-order valence-electron chi connectivity index (χ4n) is 1.67. The van der Waals surface area contributed by atoms with Crippen LogP contribution in [0.5, 0.6) is 5.75 Å². The van der Waals surface area contributed by atoms with Crippen LogP contribution in [0.2, 0.25) is 5.02 Å². The van der Waals surface area contributed by atoms with Crippen LogP contribution in [-0.4, -0.2) is 30.0 Å². The van der Waals surface area contributed by atoms with Crippen molar-refractivity contribution in [2.75, 3.05) is 13.1 Å². The van der Waals surface area contributed by atoms with Crippen molar-refractivity contribution in [2.45, 2.75) is 26.4 Å². The maximum Gasteiger partial charge on any atom is 0.264 e. The molecule has 1 atom stereocenters. The number of nitrogens with zero attached hydrogens (tertiary/aromatic N) is 2. The normalized spacial score (nSPS) is 11.5. The van der Waals surface area contributed by atoms with Crippen LogP contribution in [0.25, 0.3) is 0 Å². The maximum absolute atomic E-state index is 12.1. The standard InChI is InChI=1S/C14H17ClN2O2/c1-3-8-17(9-7-16)14(18)11(2)19-13-6-4-5-12(15)10-13/h4-6,10-11H,3,8-9H2,1-2H3.